The second kappa shape index (κ2) is 8.57. The van der Waals surface area contributed by atoms with Gasteiger partial charge in [0.1, 0.15) is 27.9 Å². The smallest absolute Gasteiger partial charge is 0.339 e. The number of Topliss-reactive ketones (excluding diaryl/α,β-unsaturated/α-hetero) is 1. The van der Waals surface area contributed by atoms with Crippen molar-refractivity contribution in [2.45, 2.75) is 4.90 Å². The number of carbonyl (C=O) groups is 1. The Hall–Kier alpha value is -3.49. The number of allylic oxidation sites excluding steroid dienone is 1. The van der Waals surface area contributed by atoms with Gasteiger partial charge in [-0.2, -0.15) is 8.42 Å². The van der Waals surface area contributed by atoms with Gasteiger partial charge in [-0.1, -0.05) is 11.6 Å². The molecule has 32 heavy (non-hydrogen) atoms. The molecule has 1 aliphatic heterocycles. The van der Waals surface area contributed by atoms with Crippen molar-refractivity contribution in [3.05, 3.63) is 82.6 Å². The number of hydrogen-bond donors (Lipinski definition) is 0. The Bertz CT molecular complexity index is 1330. The first-order chi connectivity index (χ1) is 15.3. The Morgan fingerprint density at radius 2 is 1.62 bits per heavy atom. The average Bonchev–Trinajstić information content (AvgIpc) is 3.08. The number of methoxy groups -OCH3 is 2. The minimum absolute atomic E-state index is 0.00905. The Kier molecular flexibility index (Phi) is 5.82. The molecule has 164 valence electrons. The van der Waals surface area contributed by atoms with Crippen molar-refractivity contribution in [1.29, 1.82) is 0 Å². The van der Waals surface area contributed by atoms with Crippen molar-refractivity contribution >= 4 is 33.6 Å². The van der Waals surface area contributed by atoms with E-state index < -0.39 is 10.1 Å². The molecule has 7 nitrogen and oxygen atoms in total. The summed E-state index contributed by atoms with van der Waals surface area (Å²) < 4.78 is 46.4. The van der Waals surface area contributed by atoms with Crippen LogP contribution in [0.2, 0.25) is 5.02 Å². The zero-order valence-electron chi connectivity index (χ0n) is 17.0. The molecule has 0 amide bonds. The molecular formula is C23H17ClO7S. The van der Waals surface area contributed by atoms with E-state index in [9.17, 15) is 13.2 Å². The molecule has 3 aromatic carbocycles. The number of rotatable bonds is 6. The van der Waals surface area contributed by atoms with Crippen LogP contribution in [0, 0.1) is 0 Å². The Labute approximate surface area is 189 Å². The molecule has 1 heterocycles. The molecule has 0 saturated carbocycles. The van der Waals surface area contributed by atoms with Crippen LogP contribution in [0.3, 0.4) is 0 Å². The number of halogens is 1. The molecule has 0 saturated heterocycles. The number of hydrogen-bond acceptors (Lipinski definition) is 7. The molecule has 3 aromatic rings. The number of ketones is 1. The van der Waals surface area contributed by atoms with Gasteiger partial charge >= 0.3 is 10.1 Å². The summed E-state index contributed by atoms with van der Waals surface area (Å²) in [4.78, 5) is 12.7. The van der Waals surface area contributed by atoms with Crippen molar-refractivity contribution in [1.82, 2.24) is 0 Å². The fourth-order valence-electron chi connectivity index (χ4n) is 3.07. The summed E-state index contributed by atoms with van der Waals surface area (Å²) in [5.74, 6) is 1.04. The molecule has 4 rings (SSSR count). The predicted molar refractivity (Wildman–Crippen MR) is 118 cm³/mol. The first kappa shape index (κ1) is 21.7. The quantitative estimate of drug-likeness (QED) is 0.378. The van der Waals surface area contributed by atoms with E-state index in [4.69, 9.17) is 30.0 Å². The monoisotopic (exact) mass is 472 g/mol. The van der Waals surface area contributed by atoms with Crippen LogP contribution >= 0.6 is 11.6 Å². The van der Waals surface area contributed by atoms with E-state index in [2.05, 4.69) is 0 Å². The van der Waals surface area contributed by atoms with Crippen LogP contribution in [0.5, 0.6) is 23.0 Å². The predicted octanol–water partition coefficient (Wildman–Crippen LogP) is 4.74. The van der Waals surface area contributed by atoms with E-state index in [1.165, 1.54) is 49.6 Å². The maximum absolute atomic E-state index is 12.7. The summed E-state index contributed by atoms with van der Waals surface area (Å²) >= 11 is 5.80. The molecule has 0 fully saturated rings. The van der Waals surface area contributed by atoms with Crippen LogP contribution in [-0.2, 0) is 10.1 Å². The maximum atomic E-state index is 12.7. The number of benzene rings is 3. The van der Waals surface area contributed by atoms with Crippen molar-refractivity contribution in [3.63, 3.8) is 0 Å². The van der Waals surface area contributed by atoms with Gasteiger partial charge in [-0.05, 0) is 54.6 Å². The van der Waals surface area contributed by atoms with Crippen molar-refractivity contribution in [3.8, 4) is 23.0 Å². The summed E-state index contributed by atoms with van der Waals surface area (Å²) in [5.41, 5.74) is 0.909. The first-order valence-electron chi connectivity index (χ1n) is 9.31. The van der Waals surface area contributed by atoms with Gasteiger partial charge in [0.05, 0.1) is 19.8 Å². The molecule has 9 heteroatoms. The SMILES string of the molecule is COc1ccc(/C=C2\Oc3cc(OS(=O)(=O)c4ccc(Cl)cc4)ccc3C2=O)c(OC)c1. The summed E-state index contributed by atoms with van der Waals surface area (Å²) in [5, 5.41) is 0.404. The zero-order valence-corrected chi connectivity index (χ0v) is 18.6. The Balaban J connectivity index is 1.60. The third kappa shape index (κ3) is 4.28. The molecule has 0 atom stereocenters. The summed E-state index contributed by atoms with van der Waals surface area (Å²) in [7, 11) is -1.03. The zero-order chi connectivity index (χ0) is 22.9. The molecule has 0 aromatic heterocycles. The molecule has 0 bridgehead atoms. The lowest BCUT2D eigenvalue weighted by molar-refractivity contribution is 0.101. The Morgan fingerprint density at radius 3 is 2.31 bits per heavy atom. The van der Waals surface area contributed by atoms with Crippen LogP contribution in [0.15, 0.2) is 71.3 Å². The van der Waals surface area contributed by atoms with Gasteiger partial charge in [0.25, 0.3) is 0 Å². The van der Waals surface area contributed by atoms with Crippen molar-refractivity contribution in [2.75, 3.05) is 14.2 Å². The largest absolute Gasteiger partial charge is 0.497 e. The highest BCUT2D eigenvalue weighted by Gasteiger charge is 2.29. The molecule has 0 spiro atoms. The number of fused-ring (bicyclic) bond motifs is 1. The van der Waals surface area contributed by atoms with Crippen LogP contribution in [-0.4, -0.2) is 28.4 Å². The van der Waals surface area contributed by atoms with Crippen LogP contribution < -0.4 is 18.4 Å². The normalized spacial score (nSPS) is 14.1. The second-order valence-electron chi connectivity index (χ2n) is 6.70. The van der Waals surface area contributed by atoms with E-state index in [0.29, 0.717) is 27.6 Å². The van der Waals surface area contributed by atoms with Gasteiger partial charge in [0.2, 0.25) is 5.78 Å². The lowest BCUT2D eigenvalue weighted by Gasteiger charge is -2.08. The van der Waals surface area contributed by atoms with E-state index in [-0.39, 0.29) is 27.9 Å². The fraction of sp³-hybridized carbons (Fsp3) is 0.0870. The highest BCUT2D eigenvalue weighted by atomic mass is 35.5. The van der Waals surface area contributed by atoms with Crippen LogP contribution in [0.4, 0.5) is 0 Å². The first-order valence-corrected chi connectivity index (χ1v) is 11.1. The van der Waals surface area contributed by atoms with Crippen LogP contribution in [0.25, 0.3) is 6.08 Å². The van der Waals surface area contributed by atoms with Gasteiger partial charge in [-0.25, -0.2) is 0 Å². The molecule has 1 aliphatic rings. The molecule has 0 N–H and O–H groups in total. The van der Waals surface area contributed by atoms with Gasteiger partial charge in [-0.3, -0.25) is 4.79 Å². The standard InChI is InChI=1S/C23H17ClO7S/c1-28-16-6-3-14(20(12-16)29-2)11-22-23(25)19-10-7-17(13-21(19)30-22)31-32(26,27)18-8-4-15(24)5-9-18/h3-13H,1-2H3/b22-11-. The minimum Gasteiger partial charge on any atom is -0.497 e. The number of ether oxygens (including phenoxy) is 3. The van der Waals surface area contributed by atoms with E-state index >= 15 is 0 Å². The average molecular weight is 473 g/mol. The highest BCUT2D eigenvalue weighted by molar-refractivity contribution is 7.87. The summed E-state index contributed by atoms with van der Waals surface area (Å²) in [6, 6.07) is 14.9. The van der Waals surface area contributed by atoms with Crippen molar-refractivity contribution in [2.24, 2.45) is 0 Å². The van der Waals surface area contributed by atoms with Gasteiger partial charge in [-0.15, -0.1) is 0 Å². The fourth-order valence-corrected chi connectivity index (χ4v) is 4.12. The topological polar surface area (TPSA) is 88.1 Å². The summed E-state index contributed by atoms with van der Waals surface area (Å²) in [6.45, 7) is 0. The Morgan fingerprint density at radius 1 is 0.906 bits per heavy atom. The minimum atomic E-state index is -4.08. The van der Waals surface area contributed by atoms with Gasteiger partial charge in [0, 0.05) is 22.7 Å². The van der Waals surface area contributed by atoms with Gasteiger partial charge in [0.15, 0.2) is 5.76 Å². The summed E-state index contributed by atoms with van der Waals surface area (Å²) in [6.07, 6.45) is 1.55. The lowest BCUT2D eigenvalue weighted by atomic mass is 10.1. The molecule has 0 aliphatic carbocycles. The highest BCUT2D eigenvalue weighted by Crippen LogP contribution is 2.37. The van der Waals surface area contributed by atoms with E-state index in [1.807, 2.05) is 0 Å². The molecular weight excluding hydrogens is 456 g/mol. The second-order valence-corrected chi connectivity index (χ2v) is 8.68. The van der Waals surface area contributed by atoms with Gasteiger partial charge < -0.3 is 18.4 Å². The third-order valence-electron chi connectivity index (χ3n) is 4.68. The third-order valence-corrected chi connectivity index (χ3v) is 6.19. The van der Waals surface area contributed by atoms with E-state index in [0.717, 1.165) is 0 Å². The van der Waals surface area contributed by atoms with Crippen molar-refractivity contribution < 1.29 is 31.6 Å². The van der Waals surface area contributed by atoms with E-state index in [1.54, 1.807) is 31.4 Å². The maximum Gasteiger partial charge on any atom is 0.339 e. The number of carbonyl (C=O) groups excluding carboxylic acids is 1. The lowest BCUT2D eigenvalue weighted by Crippen LogP contribution is -2.09. The molecule has 0 unspecified atom stereocenters. The van der Waals surface area contributed by atoms with Crippen LogP contribution in [0.1, 0.15) is 15.9 Å². The molecule has 0 radical (unpaired) electrons.